The van der Waals surface area contributed by atoms with Crippen molar-refractivity contribution in [3.63, 3.8) is 0 Å². The summed E-state index contributed by atoms with van der Waals surface area (Å²) in [5.74, 6) is -0.708. The first-order valence-corrected chi connectivity index (χ1v) is 8.15. The van der Waals surface area contributed by atoms with E-state index in [9.17, 15) is 9.59 Å². The highest BCUT2D eigenvalue weighted by molar-refractivity contribution is 7.12. The molecule has 6 heteroatoms. The molecule has 23 heavy (non-hydrogen) atoms. The van der Waals surface area contributed by atoms with Crippen LogP contribution in [0.5, 0.6) is 0 Å². The number of fused-ring (bicyclic) bond motifs is 1. The monoisotopic (exact) mass is 327 g/mol. The molecule has 0 spiro atoms. The first-order valence-electron chi connectivity index (χ1n) is 7.27. The van der Waals surface area contributed by atoms with Crippen LogP contribution in [-0.4, -0.2) is 24.1 Å². The second-order valence-corrected chi connectivity index (χ2v) is 6.53. The first kappa shape index (κ1) is 15.4. The highest BCUT2D eigenvalue weighted by Crippen LogP contribution is 2.35. The van der Waals surface area contributed by atoms with Gasteiger partial charge in [0, 0.05) is 4.88 Å². The van der Waals surface area contributed by atoms with E-state index >= 15 is 0 Å². The van der Waals surface area contributed by atoms with Gasteiger partial charge >= 0.3 is 0 Å². The van der Waals surface area contributed by atoms with Gasteiger partial charge in [0.05, 0.1) is 23.5 Å². The Balaban J connectivity index is 2.16. The lowest BCUT2D eigenvalue weighted by atomic mass is 10.1. The maximum Gasteiger partial charge on any atom is 0.237 e. The molecular formula is C17H17N3O2S. The maximum atomic E-state index is 12.7. The van der Waals surface area contributed by atoms with E-state index in [0.717, 1.165) is 21.7 Å². The Labute approximate surface area is 138 Å². The average molecular weight is 327 g/mol. The summed E-state index contributed by atoms with van der Waals surface area (Å²) in [5, 5.41) is 1.95. The summed E-state index contributed by atoms with van der Waals surface area (Å²) in [6.45, 7) is 3.83. The second kappa shape index (κ2) is 5.96. The number of amides is 2. The van der Waals surface area contributed by atoms with Crippen LogP contribution in [0.4, 0.5) is 11.4 Å². The lowest BCUT2D eigenvalue weighted by Gasteiger charge is -2.21. The standard InChI is InChI=1S/C17H17N3O2S/c1-10-6-12-14(7-11(10)2)20(9-16(18)21)17(22)8-13(19-12)15-4-3-5-23-15/h3-7H,8-9H2,1-2H3,(H2,18,21). The van der Waals surface area contributed by atoms with Gasteiger partial charge in [0.1, 0.15) is 6.54 Å². The Bertz CT molecular complexity index is 809. The van der Waals surface area contributed by atoms with Gasteiger partial charge < -0.3 is 10.6 Å². The van der Waals surface area contributed by atoms with Crippen LogP contribution in [0.3, 0.4) is 0 Å². The highest BCUT2D eigenvalue weighted by Gasteiger charge is 2.26. The van der Waals surface area contributed by atoms with Crippen molar-refractivity contribution >= 4 is 40.2 Å². The molecule has 2 N–H and O–H groups in total. The van der Waals surface area contributed by atoms with Gasteiger partial charge in [0.2, 0.25) is 11.8 Å². The van der Waals surface area contributed by atoms with Crippen molar-refractivity contribution in [1.29, 1.82) is 0 Å². The van der Waals surface area contributed by atoms with Crippen LogP contribution >= 0.6 is 11.3 Å². The number of hydrogen-bond donors (Lipinski definition) is 1. The van der Waals surface area contributed by atoms with Gasteiger partial charge in [-0.25, -0.2) is 4.99 Å². The Morgan fingerprint density at radius 1 is 1.35 bits per heavy atom. The number of thiophene rings is 1. The lowest BCUT2D eigenvalue weighted by molar-refractivity contribution is -0.121. The van der Waals surface area contributed by atoms with Crippen molar-refractivity contribution in [2.24, 2.45) is 10.7 Å². The van der Waals surface area contributed by atoms with Crippen LogP contribution in [0.1, 0.15) is 22.4 Å². The van der Waals surface area contributed by atoms with Gasteiger partial charge in [0.25, 0.3) is 0 Å². The molecule has 0 radical (unpaired) electrons. The molecule has 5 nitrogen and oxygen atoms in total. The van der Waals surface area contributed by atoms with Gasteiger partial charge in [-0.2, -0.15) is 0 Å². The zero-order valence-corrected chi connectivity index (χ0v) is 13.8. The fourth-order valence-electron chi connectivity index (χ4n) is 2.56. The third kappa shape index (κ3) is 3.03. The molecule has 0 bridgehead atoms. The van der Waals surface area contributed by atoms with Crippen molar-refractivity contribution in [2.75, 3.05) is 11.4 Å². The minimum absolute atomic E-state index is 0.137. The van der Waals surface area contributed by atoms with Crippen molar-refractivity contribution in [3.8, 4) is 0 Å². The fourth-order valence-corrected chi connectivity index (χ4v) is 3.28. The van der Waals surface area contributed by atoms with Gasteiger partial charge in [-0.15, -0.1) is 11.3 Å². The Morgan fingerprint density at radius 2 is 2.09 bits per heavy atom. The average Bonchev–Trinajstić information content (AvgIpc) is 2.98. The van der Waals surface area contributed by atoms with Crippen LogP contribution in [0.25, 0.3) is 0 Å². The predicted octanol–water partition coefficient (Wildman–Crippen LogP) is 2.71. The molecule has 0 aliphatic carbocycles. The molecule has 0 fully saturated rings. The number of nitrogens with two attached hydrogens (primary N) is 1. The molecule has 3 rings (SSSR count). The molecule has 0 saturated heterocycles. The molecule has 0 saturated carbocycles. The SMILES string of the molecule is Cc1cc2c(cc1C)N(CC(N)=O)C(=O)CC(c1cccs1)=N2. The van der Waals surface area contributed by atoms with Gasteiger partial charge in [-0.3, -0.25) is 9.59 Å². The van der Waals surface area contributed by atoms with Crippen LogP contribution < -0.4 is 10.6 Å². The molecule has 2 aromatic rings. The zero-order chi connectivity index (χ0) is 16.6. The van der Waals surface area contributed by atoms with Crippen LogP contribution in [0.15, 0.2) is 34.6 Å². The van der Waals surface area contributed by atoms with Crippen LogP contribution in [0, 0.1) is 13.8 Å². The van der Waals surface area contributed by atoms with Crippen molar-refractivity contribution in [2.45, 2.75) is 20.3 Å². The summed E-state index contributed by atoms with van der Waals surface area (Å²) in [4.78, 5) is 31.2. The lowest BCUT2D eigenvalue weighted by Crippen LogP contribution is -2.38. The van der Waals surface area contributed by atoms with Crippen molar-refractivity contribution < 1.29 is 9.59 Å². The van der Waals surface area contributed by atoms with E-state index < -0.39 is 5.91 Å². The van der Waals surface area contributed by atoms with E-state index in [4.69, 9.17) is 10.7 Å². The Morgan fingerprint density at radius 3 is 2.74 bits per heavy atom. The maximum absolute atomic E-state index is 12.7. The third-order valence-corrected chi connectivity index (χ3v) is 4.80. The zero-order valence-electron chi connectivity index (χ0n) is 13.0. The normalized spacial score (nSPS) is 14.3. The van der Waals surface area contributed by atoms with Crippen LogP contribution in [0.2, 0.25) is 0 Å². The molecule has 118 valence electrons. The molecule has 1 aromatic heterocycles. The summed E-state index contributed by atoms with van der Waals surface area (Å²) in [5.41, 5.74) is 9.52. The summed E-state index contributed by atoms with van der Waals surface area (Å²) >= 11 is 1.54. The van der Waals surface area contributed by atoms with Crippen LogP contribution in [-0.2, 0) is 9.59 Å². The quantitative estimate of drug-likeness (QED) is 0.941. The molecule has 1 aromatic carbocycles. The topological polar surface area (TPSA) is 75.8 Å². The minimum Gasteiger partial charge on any atom is -0.368 e. The van der Waals surface area contributed by atoms with Crippen molar-refractivity contribution in [1.82, 2.24) is 0 Å². The fraction of sp³-hybridized carbons (Fsp3) is 0.235. The van der Waals surface area contributed by atoms with E-state index in [-0.39, 0.29) is 18.9 Å². The summed E-state index contributed by atoms with van der Waals surface area (Å²) in [6, 6.07) is 7.72. The summed E-state index contributed by atoms with van der Waals surface area (Å²) < 4.78 is 0. The van der Waals surface area contributed by atoms with Gasteiger partial charge in [-0.1, -0.05) is 6.07 Å². The Kier molecular flexibility index (Phi) is 4.00. The van der Waals surface area contributed by atoms with Gasteiger partial charge in [0.15, 0.2) is 0 Å². The number of carbonyl (C=O) groups excluding carboxylic acids is 2. The summed E-state index contributed by atoms with van der Waals surface area (Å²) in [6.07, 6.45) is 0.153. The number of nitrogens with zero attached hydrogens (tertiary/aromatic N) is 2. The number of carbonyl (C=O) groups is 2. The number of hydrogen-bond acceptors (Lipinski definition) is 4. The molecular weight excluding hydrogens is 310 g/mol. The van der Waals surface area contributed by atoms with E-state index in [1.54, 1.807) is 11.3 Å². The van der Waals surface area contributed by atoms with Gasteiger partial charge in [-0.05, 0) is 48.6 Å². The highest BCUT2D eigenvalue weighted by atomic mass is 32.1. The van der Waals surface area contributed by atoms with E-state index in [0.29, 0.717) is 11.4 Å². The number of benzene rings is 1. The molecule has 0 unspecified atom stereocenters. The van der Waals surface area contributed by atoms with E-state index in [2.05, 4.69) is 0 Å². The number of aliphatic imine (C=N–C) groups is 1. The largest absolute Gasteiger partial charge is 0.368 e. The number of rotatable bonds is 3. The second-order valence-electron chi connectivity index (χ2n) is 5.58. The summed E-state index contributed by atoms with van der Waals surface area (Å²) in [7, 11) is 0. The number of aryl methyl sites for hydroxylation is 2. The number of anilines is 1. The minimum atomic E-state index is -0.540. The van der Waals surface area contributed by atoms with E-state index in [1.807, 2.05) is 43.5 Å². The molecule has 1 aliphatic rings. The third-order valence-electron chi connectivity index (χ3n) is 3.88. The van der Waals surface area contributed by atoms with E-state index in [1.165, 1.54) is 4.90 Å². The first-order chi connectivity index (χ1) is 11.0. The predicted molar refractivity (Wildman–Crippen MR) is 92.6 cm³/mol. The smallest absolute Gasteiger partial charge is 0.237 e. The molecule has 1 aliphatic heterocycles. The Hall–Kier alpha value is -2.47. The number of primary amides is 1. The van der Waals surface area contributed by atoms with Crippen molar-refractivity contribution in [3.05, 3.63) is 45.6 Å². The molecule has 0 atom stereocenters. The molecule has 2 amide bonds. The molecule has 2 heterocycles.